The van der Waals surface area contributed by atoms with E-state index in [-0.39, 0.29) is 5.91 Å². The van der Waals surface area contributed by atoms with Gasteiger partial charge in [0.15, 0.2) is 11.5 Å². The summed E-state index contributed by atoms with van der Waals surface area (Å²) >= 11 is 9.39. The molecular formula is C16H16ClNO3S2. The summed E-state index contributed by atoms with van der Waals surface area (Å²) < 4.78 is 11.0. The van der Waals surface area contributed by atoms with Crippen LogP contribution < -0.4 is 14.8 Å². The van der Waals surface area contributed by atoms with E-state index >= 15 is 0 Å². The lowest BCUT2D eigenvalue weighted by atomic mass is 10.2. The number of ether oxygens (including phenoxy) is 2. The van der Waals surface area contributed by atoms with Gasteiger partial charge in [-0.1, -0.05) is 17.7 Å². The molecule has 4 nitrogen and oxygen atoms in total. The number of thioether (sulfide) groups is 1. The van der Waals surface area contributed by atoms with Crippen molar-refractivity contribution in [3.63, 3.8) is 0 Å². The Morgan fingerprint density at radius 2 is 2.22 bits per heavy atom. The molecule has 0 fully saturated rings. The van der Waals surface area contributed by atoms with E-state index in [1.807, 2.05) is 29.6 Å². The molecule has 7 heteroatoms. The summed E-state index contributed by atoms with van der Waals surface area (Å²) in [6.45, 7) is 1.64. The lowest BCUT2D eigenvalue weighted by Crippen LogP contribution is -2.24. The van der Waals surface area contributed by atoms with Gasteiger partial charge >= 0.3 is 0 Å². The van der Waals surface area contributed by atoms with Crippen LogP contribution in [0.25, 0.3) is 0 Å². The number of hydrogen-bond acceptors (Lipinski definition) is 5. The van der Waals surface area contributed by atoms with E-state index in [4.69, 9.17) is 21.1 Å². The van der Waals surface area contributed by atoms with E-state index < -0.39 is 0 Å². The zero-order valence-electron chi connectivity index (χ0n) is 12.3. The molecular weight excluding hydrogens is 354 g/mol. The van der Waals surface area contributed by atoms with Gasteiger partial charge in [0.2, 0.25) is 5.91 Å². The normalized spacial score (nSPS) is 12.9. The fourth-order valence-electron chi connectivity index (χ4n) is 2.16. The van der Waals surface area contributed by atoms with E-state index in [9.17, 15) is 4.79 Å². The predicted octanol–water partition coefficient (Wildman–Crippen LogP) is 3.72. The summed E-state index contributed by atoms with van der Waals surface area (Å²) in [6, 6.07) is 7.78. The molecule has 2 heterocycles. The molecule has 1 aromatic heterocycles. The first-order valence-electron chi connectivity index (χ1n) is 7.17. The lowest BCUT2D eigenvalue weighted by Gasteiger charge is -2.20. The topological polar surface area (TPSA) is 47.6 Å². The maximum atomic E-state index is 11.8. The highest BCUT2D eigenvalue weighted by Crippen LogP contribution is 2.39. The SMILES string of the molecule is O=C(CSCc1cc(Cl)c2c(c1)OCCO2)NCc1cccs1. The Morgan fingerprint density at radius 1 is 1.35 bits per heavy atom. The Kier molecular flexibility index (Phi) is 5.70. The molecule has 1 N–H and O–H groups in total. The van der Waals surface area contributed by atoms with Gasteiger partial charge in [-0.25, -0.2) is 0 Å². The average molecular weight is 370 g/mol. The molecule has 23 heavy (non-hydrogen) atoms. The number of carbonyl (C=O) groups excluding carboxylic acids is 1. The van der Waals surface area contributed by atoms with E-state index in [1.54, 1.807) is 23.1 Å². The summed E-state index contributed by atoms with van der Waals surface area (Å²) in [7, 11) is 0. The van der Waals surface area contributed by atoms with Gasteiger partial charge in [0.05, 0.1) is 17.3 Å². The van der Waals surface area contributed by atoms with Gasteiger partial charge in [0, 0.05) is 10.6 Å². The zero-order chi connectivity index (χ0) is 16.1. The Labute approximate surface area is 148 Å². The fraction of sp³-hybridized carbons (Fsp3) is 0.312. The van der Waals surface area contributed by atoms with E-state index in [2.05, 4.69) is 5.32 Å². The summed E-state index contributed by atoms with van der Waals surface area (Å²) in [4.78, 5) is 13.0. The van der Waals surface area contributed by atoms with Crippen molar-refractivity contribution in [2.45, 2.75) is 12.3 Å². The number of nitrogens with one attached hydrogen (secondary N) is 1. The highest BCUT2D eigenvalue weighted by molar-refractivity contribution is 7.99. The molecule has 3 rings (SSSR count). The quantitative estimate of drug-likeness (QED) is 0.843. The van der Waals surface area contributed by atoms with Crippen LogP contribution in [0, 0.1) is 0 Å². The molecule has 1 aromatic carbocycles. The molecule has 0 spiro atoms. The van der Waals surface area contributed by atoms with Crippen LogP contribution in [0.1, 0.15) is 10.4 Å². The third-order valence-corrected chi connectivity index (χ3v) is 5.36. The summed E-state index contributed by atoms with van der Waals surface area (Å²) in [5.41, 5.74) is 1.02. The Morgan fingerprint density at radius 3 is 3.04 bits per heavy atom. The first kappa shape index (κ1) is 16.5. The second-order valence-corrected chi connectivity index (χ2v) is 7.38. The van der Waals surface area contributed by atoms with Crippen molar-refractivity contribution < 1.29 is 14.3 Å². The monoisotopic (exact) mass is 369 g/mol. The van der Waals surface area contributed by atoms with Crippen molar-refractivity contribution >= 4 is 40.6 Å². The molecule has 0 saturated heterocycles. The predicted molar refractivity (Wildman–Crippen MR) is 94.8 cm³/mol. The van der Waals surface area contributed by atoms with Gasteiger partial charge in [-0.15, -0.1) is 23.1 Å². The Bertz CT molecular complexity index is 676. The lowest BCUT2D eigenvalue weighted by molar-refractivity contribution is -0.118. The molecule has 1 aliphatic heterocycles. The second kappa shape index (κ2) is 7.95. The van der Waals surface area contributed by atoms with Crippen LogP contribution in [0.15, 0.2) is 29.6 Å². The van der Waals surface area contributed by atoms with Crippen molar-refractivity contribution in [3.05, 3.63) is 45.1 Å². The molecule has 1 amide bonds. The molecule has 122 valence electrons. The van der Waals surface area contributed by atoms with Gasteiger partial charge in [-0.3, -0.25) is 4.79 Å². The maximum absolute atomic E-state index is 11.8. The second-order valence-electron chi connectivity index (χ2n) is 4.95. The number of halogens is 1. The number of hydrogen-bond donors (Lipinski definition) is 1. The maximum Gasteiger partial charge on any atom is 0.230 e. The summed E-state index contributed by atoms with van der Waals surface area (Å²) in [6.07, 6.45) is 0. The molecule has 2 aromatic rings. The van der Waals surface area contributed by atoms with Crippen molar-refractivity contribution in [1.29, 1.82) is 0 Å². The molecule has 0 aliphatic carbocycles. The molecule has 1 aliphatic rings. The van der Waals surface area contributed by atoms with Crippen LogP contribution in [0.5, 0.6) is 11.5 Å². The average Bonchev–Trinajstić information content (AvgIpc) is 3.06. The minimum Gasteiger partial charge on any atom is -0.486 e. The Hall–Kier alpha value is -1.37. The van der Waals surface area contributed by atoms with Crippen LogP contribution in [0.3, 0.4) is 0 Å². The molecule has 0 unspecified atom stereocenters. The number of carbonyl (C=O) groups is 1. The van der Waals surface area contributed by atoms with Crippen molar-refractivity contribution in [3.8, 4) is 11.5 Å². The standard InChI is InChI=1S/C16H16ClNO3S2/c17-13-6-11(7-14-16(13)21-4-3-20-14)9-22-10-15(19)18-8-12-2-1-5-23-12/h1-2,5-7H,3-4,8-10H2,(H,18,19). The van der Waals surface area contributed by atoms with Crippen LogP contribution in [0.2, 0.25) is 5.02 Å². The van der Waals surface area contributed by atoms with Crippen LogP contribution in [0.4, 0.5) is 0 Å². The van der Waals surface area contributed by atoms with Crippen LogP contribution in [-0.2, 0) is 17.1 Å². The third-order valence-electron chi connectivity index (χ3n) is 3.20. The first-order valence-corrected chi connectivity index (χ1v) is 9.58. The van der Waals surface area contributed by atoms with E-state index in [0.29, 0.717) is 47.8 Å². The van der Waals surface area contributed by atoms with Gasteiger partial charge in [0.1, 0.15) is 13.2 Å². The number of thiophene rings is 1. The van der Waals surface area contributed by atoms with Crippen LogP contribution in [-0.4, -0.2) is 24.9 Å². The van der Waals surface area contributed by atoms with Crippen LogP contribution >= 0.6 is 34.7 Å². The third kappa shape index (κ3) is 4.56. The minimum atomic E-state index is 0.0343. The van der Waals surface area contributed by atoms with Crippen molar-refractivity contribution in [2.75, 3.05) is 19.0 Å². The van der Waals surface area contributed by atoms with Gasteiger partial charge in [-0.05, 0) is 29.1 Å². The number of benzene rings is 1. The van der Waals surface area contributed by atoms with E-state index in [1.165, 1.54) is 0 Å². The highest BCUT2D eigenvalue weighted by atomic mass is 35.5. The number of amides is 1. The summed E-state index contributed by atoms with van der Waals surface area (Å²) in [5, 5.41) is 5.47. The molecule has 0 atom stereocenters. The largest absolute Gasteiger partial charge is 0.486 e. The van der Waals surface area contributed by atoms with Crippen molar-refractivity contribution in [1.82, 2.24) is 5.32 Å². The minimum absolute atomic E-state index is 0.0343. The smallest absolute Gasteiger partial charge is 0.230 e. The van der Waals surface area contributed by atoms with Gasteiger partial charge in [-0.2, -0.15) is 0 Å². The van der Waals surface area contributed by atoms with E-state index in [0.717, 1.165) is 10.4 Å². The fourth-order valence-corrected chi connectivity index (χ4v) is 3.88. The molecule has 0 radical (unpaired) electrons. The zero-order valence-corrected chi connectivity index (χ0v) is 14.7. The Balaban J connectivity index is 1.47. The number of fused-ring (bicyclic) bond motifs is 1. The number of rotatable bonds is 6. The highest BCUT2D eigenvalue weighted by Gasteiger charge is 2.16. The molecule has 0 saturated carbocycles. The van der Waals surface area contributed by atoms with Crippen molar-refractivity contribution in [2.24, 2.45) is 0 Å². The van der Waals surface area contributed by atoms with Gasteiger partial charge in [0.25, 0.3) is 0 Å². The summed E-state index contributed by atoms with van der Waals surface area (Å²) in [5.74, 6) is 2.44. The first-order chi connectivity index (χ1) is 11.2. The molecule has 0 bridgehead atoms. The van der Waals surface area contributed by atoms with Gasteiger partial charge < -0.3 is 14.8 Å².